The molecule has 0 radical (unpaired) electrons. The Morgan fingerprint density at radius 1 is 0.833 bits per heavy atom. The third-order valence-corrected chi connectivity index (χ3v) is 4.72. The average molecular weight is 334 g/mol. The van der Waals surface area contributed by atoms with Crippen molar-refractivity contribution in [3.05, 3.63) is 35.4 Å². The molecule has 6 nitrogen and oxygen atoms in total. The molecule has 2 heterocycles. The highest BCUT2D eigenvalue weighted by Gasteiger charge is 2.42. The van der Waals surface area contributed by atoms with Gasteiger partial charge >= 0.3 is 11.9 Å². The lowest BCUT2D eigenvalue weighted by Gasteiger charge is -2.40. The van der Waals surface area contributed by atoms with Gasteiger partial charge in [-0.05, 0) is 37.1 Å². The smallest absolute Gasteiger partial charge is 0.338 e. The number of benzene rings is 1. The predicted octanol–water partition coefficient (Wildman–Crippen LogP) is 2.36. The van der Waals surface area contributed by atoms with Crippen LogP contribution in [0.4, 0.5) is 0 Å². The molecular formula is C18H22O6. The second-order valence-electron chi connectivity index (χ2n) is 6.42. The van der Waals surface area contributed by atoms with Crippen LogP contribution in [-0.2, 0) is 18.9 Å². The summed E-state index contributed by atoms with van der Waals surface area (Å²) in [4.78, 5) is 24.4. The van der Waals surface area contributed by atoms with Crippen molar-refractivity contribution in [2.24, 2.45) is 0 Å². The van der Waals surface area contributed by atoms with E-state index in [1.165, 1.54) is 0 Å². The molecule has 1 aromatic carbocycles. The Labute approximate surface area is 141 Å². The van der Waals surface area contributed by atoms with E-state index in [0.717, 1.165) is 0 Å². The summed E-state index contributed by atoms with van der Waals surface area (Å²) >= 11 is 0. The first-order chi connectivity index (χ1) is 11.5. The van der Waals surface area contributed by atoms with Gasteiger partial charge < -0.3 is 18.9 Å². The number of hydrogen-bond donors (Lipinski definition) is 0. The van der Waals surface area contributed by atoms with E-state index in [1.807, 2.05) is 13.8 Å². The number of carbonyl (C=O) groups is 2. The van der Waals surface area contributed by atoms with E-state index in [1.54, 1.807) is 24.3 Å². The molecule has 0 atom stereocenters. The van der Waals surface area contributed by atoms with Crippen LogP contribution in [0.15, 0.2) is 24.3 Å². The van der Waals surface area contributed by atoms with E-state index >= 15 is 0 Å². The first kappa shape index (κ1) is 16.9. The fourth-order valence-corrected chi connectivity index (χ4v) is 2.58. The lowest BCUT2D eigenvalue weighted by Crippen LogP contribution is -2.52. The highest BCUT2D eigenvalue weighted by Crippen LogP contribution is 2.28. The van der Waals surface area contributed by atoms with Crippen LogP contribution in [0.3, 0.4) is 0 Å². The molecule has 2 fully saturated rings. The summed E-state index contributed by atoms with van der Waals surface area (Å²) in [5, 5.41) is 0. The number of esters is 2. The fourth-order valence-electron chi connectivity index (χ4n) is 2.58. The monoisotopic (exact) mass is 334 g/mol. The van der Waals surface area contributed by atoms with Gasteiger partial charge in [0.05, 0.1) is 37.6 Å². The van der Waals surface area contributed by atoms with Crippen LogP contribution >= 0.6 is 0 Å². The van der Waals surface area contributed by atoms with E-state index in [9.17, 15) is 9.59 Å². The van der Waals surface area contributed by atoms with Gasteiger partial charge in [0.25, 0.3) is 0 Å². The van der Waals surface area contributed by atoms with Crippen molar-refractivity contribution in [1.82, 2.24) is 0 Å². The summed E-state index contributed by atoms with van der Waals surface area (Å²) in [6.45, 7) is 5.65. The first-order valence-electron chi connectivity index (χ1n) is 8.24. The summed E-state index contributed by atoms with van der Waals surface area (Å²) in [7, 11) is 0. The summed E-state index contributed by atoms with van der Waals surface area (Å²) in [5.74, 6) is -0.810. The molecule has 6 heteroatoms. The van der Waals surface area contributed by atoms with Crippen molar-refractivity contribution < 1.29 is 28.5 Å². The van der Waals surface area contributed by atoms with Gasteiger partial charge in [0.15, 0.2) is 11.2 Å². The van der Waals surface area contributed by atoms with E-state index in [0.29, 0.717) is 50.4 Å². The zero-order valence-electron chi connectivity index (χ0n) is 14.0. The van der Waals surface area contributed by atoms with Gasteiger partial charge in [0, 0.05) is 0 Å². The molecule has 3 rings (SSSR count). The number of ether oxygens (including phenoxy) is 4. The van der Waals surface area contributed by atoms with Gasteiger partial charge in [0.2, 0.25) is 0 Å². The molecule has 0 N–H and O–H groups in total. The Morgan fingerprint density at radius 2 is 1.17 bits per heavy atom. The van der Waals surface area contributed by atoms with Gasteiger partial charge in [-0.1, -0.05) is 13.8 Å². The predicted molar refractivity (Wildman–Crippen MR) is 85.0 cm³/mol. The third-order valence-electron chi connectivity index (χ3n) is 4.72. The van der Waals surface area contributed by atoms with Crippen molar-refractivity contribution in [1.29, 1.82) is 0 Å². The van der Waals surface area contributed by atoms with Gasteiger partial charge in [-0.3, -0.25) is 0 Å². The van der Waals surface area contributed by atoms with Gasteiger partial charge in [-0.2, -0.15) is 0 Å². The largest absolute Gasteiger partial charge is 0.451 e. The summed E-state index contributed by atoms with van der Waals surface area (Å²) in [6, 6.07) is 6.32. The Morgan fingerprint density at radius 3 is 1.38 bits per heavy atom. The highest BCUT2D eigenvalue weighted by molar-refractivity contribution is 5.93. The second-order valence-corrected chi connectivity index (χ2v) is 6.42. The summed E-state index contributed by atoms with van der Waals surface area (Å²) in [6.07, 6.45) is 1.43. The first-order valence-corrected chi connectivity index (χ1v) is 8.24. The topological polar surface area (TPSA) is 71.1 Å². The van der Waals surface area contributed by atoms with Crippen LogP contribution in [-0.4, -0.2) is 49.6 Å². The number of hydrogen-bond acceptors (Lipinski definition) is 6. The van der Waals surface area contributed by atoms with Crippen LogP contribution < -0.4 is 0 Å². The Hall–Kier alpha value is -1.92. The molecule has 2 aliphatic rings. The van der Waals surface area contributed by atoms with Crippen molar-refractivity contribution >= 4 is 11.9 Å². The second kappa shape index (κ2) is 6.53. The molecule has 1 aromatic rings. The quantitative estimate of drug-likeness (QED) is 0.744. The molecule has 0 bridgehead atoms. The minimum atomic E-state index is -0.508. The summed E-state index contributed by atoms with van der Waals surface area (Å²) < 4.78 is 21.4. The normalized spacial score (nSPS) is 20.4. The van der Waals surface area contributed by atoms with E-state index in [2.05, 4.69) is 0 Å². The SMILES string of the molecule is CCC1(OC(=O)c2ccc(C(=O)OC3(CC)COC3)cc2)COC1. The Balaban J connectivity index is 1.62. The summed E-state index contributed by atoms with van der Waals surface area (Å²) in [5.41, 5.74) is -0.203. The molecule has 0 saturated carbocycles. The van der Waals surface area contributed by atoms with Crippen LogP contribution in [0.5, 0.6) is 0 Å². The van der Waals surface area contributed by atoms with E-state index in [-0.39, 0.29) is 0 Å². The lowest BCUT2D eigenvalue weighted by molar-refractivity contribution is -0.181. The maximum Gasteiger partial charge on any atom is 0.338 e. The lowest BCUT2D eigenvalue weighted by atomic mass is 9.98. The Kier molecular flexibility index (Phi) is 4.60. The van der Waals surface area contributed by atoms with Crippen molar-refractivity contribution in [3.8, 4) is 0 Å². The maximum atomic E-state index is 12.2. The van der Waals surface area contributed by atoms with E-state index < -0.39 is 23.1 Å². The van der Waals surface area contributed by atoms with Crippen molar-refractivity contribution in [2.45, 2.75) is 37.9 Å². The van der Waals surface area contributed by atoms with Crippen LogP contribution in [0, 0.1) is 0 Å². The van der Waals surface area contributed by atoms with Gasteiger partial charge in [-0.25, -0.2) is 9.59 Å². The standard InChI is InChI=1S/C18H22O6/c1-3-17(9-21-10-17)23-15(19)13-5-7-14(8-6-13)16(20)24-18(4-2)11-22-12-18/h5-8H,3-4,9-12H2,1-2H3. The molecule has 2 aliphatic heterocycles. The molecule has 0 unspecified atom stereocenters. The molecule has 0 aliphatic carbocycles. The zero-order valence-corrected chi connectivity index (χ0v) is 14.0. The Bertz CT molecular complexity index is 547. The van der Waals surface area contributed by atoms with Crippen molar-refractivity contribution in [3.63, 3.8) is 0 Å². The van der Waals surface area contributed by atoms with Crippen LogP contribution in [0.2, 0.25) is 0 Å². The molecule has 0 spiro atoms. The van der Waals surface area contributed by atoms with Crippen LogP contribution in [0.1, 0.15) is 47.4 Å². The van der Waals surface area contributed by atoms with Gasteiger partial charge in [0.1, 0.15) is 0 Å². The molecule has 0 amide bonds. The van der Waals surface area contributed by atoms with Crippen LogP contribution in [0.25, 0.3) is 0 Å². The minimum Gasteiger partial charge on any atom is -0.451 e. The molecule has 0 aromatic heterocycles. The molecule has 2 saturated heterocycles. The number of carbonyl (C=O) groups excluding carboxylic acids is 2. The molecular weight excluding hydrogens is 312 g/mol. The minimum absolute atomic E-state index is 0.405. The zero-order chi connectivity index (χ0) is 17.2. The highest BCUT2D eigenvalue weighted by atomic mass is 16.6. The number of rotatable bonds is 6. The fraction of sp³-hybridized carbons (Fsp3) is 0.556. The van der Waals surface area contributed by atoms with Gasteiger partial charge in [-0.15, -0.1) is 0 Å². The molecule has 24 heavy (non-hydrogen) atoms. The van der Waals surface area contributed by atoms with Crippen molar-refractivity contribution in [2.75, 3.05) is 26.4 Å². The van der Waals surface area contributed by atoms with E-state index in [4.69, 9.17) is 18.9 Å². The molecule has 130 valence electrons. The maximum absolute atomic E-state index is 12.2. The third kappa shape index (κ3) is 3.16. The average Bonchev–Trinajstić information content (AvgIpc) is 2.54.